The van der Waals surface area contributed by atoms with Gasteiger partial charge in [0.1, 0.15) is 5.82 Å². The fraction of sp³-hybridized carbons (Fsp3) is 0.294. The molecule has 0 fully saturated rings. The van der Waals surface area contributed by atoms with Crippen LogP contribution in [0.15, 0.2) is 53.0 Å². The molecule has 2 aromatic rings. The van der Waals surface area contributed by atoms with Gasteiger partial charge in [-0.2, -0.15) is 0 Å². The van der Waals surface area contributed by atoms with Crippen molar-refractivity contribution >= 4 is 15.9 Å². The molecule has 2 atom stereocenters. The van der Waals surface area contributed by atoms with Crippen LogP contribution >= 0.6 is 15.9 Å². The Balaban J connectivity index is 2.17. The second-order valence-corrected chi connectivity index (χ2v) is 6.01. The molecule has 3 heteroatoms. The third-order valence-corrected chi connectivity index (χ3v) is 4.08. The summed E-state index contributed by atoms with van der Waals surface area (Å²) in [6.07, 6.45) is 0.700. The van der Waals surface area contributed by atoms with Crippen molar-refractivity contribution in [3.05, 3.63) is 69.9 Å². The van der Waals surface area contributed by atoms with Crippen molar-refractivity contribution in [2.45, 2.75) is 19.4 Å². The van der Waals surface area contributed by atoms with E-state index in [1.807, 2.05) is 31.3 Å². The van der Waals surface area contributed by atoms with Crippen LogP contribution in [0.25, 0.3) is 0 Å². The molecule has 2 unspecified atom stereocenters. The number of benzene rings is 2. The predicted octanol–water partition coefficient (Wildman–Crippen LogP) is 4.73. The number of nitrogens with one attached hydrogen (secondary N) is 1. The first-order valence-corrected chi connectivity index (χ1v) is 7.57. The van der Waals surface area contributed by atoms with Crippen LogP contribution in [0.1, 0.15) is 24.1 Å². The third-order valence-electron chi connectivity index (χ3n) is 3.59. The van der Waals surface area contributed by atoms with E-state index in [4.69, 9.17) is 0 Å². The van der Waals surface area contributed by atoms with Gasteiger partial charge >= 0.3 is 0 Å². The zero-order chi connectivity index (χ0) is 14.5. The molecule has 0 saturated heterocycles. The summed E-state index contributed by atoms with van der Waals surface area (Å²) in [6.45, 7) is 2.15. The summed E-state index contributed by atoms with van der Waals surface area (Å²) in [4.78, 5) is 0. The van der Waals surface area contributed by atoms with Gasteiger partial charge in [0.15, 0.2) is 0 Å². The minimum Gasteiger partial charge on any atom is -0.313 e. The molecular weight excluding hydrogens is 317 g/mol. The fourth-order valence-electron chi connectivity index (χ4n) is 2.60. The summed E-state index contributed by atoms with van der Waals surface area (Å²) in [5.41, 5.74) is 1.99. The zero-order valence-corrected chi connectivity index (χ0v) is 13.3. The van der Waals surface area contributed by atoms with E-state index in [0.29, 0.717) is 12.3 Å². The molecular formula is C17H19BrFN. The van der Waals surface area contributed by atoms with E-state index in [9.17, 15) is 4.39 Å². The van der Waals surface area contributed by atoms with Gasteiger partial charge < -0.3 is 5.32 Å². The molecule has 0 bridgehead atoms. The van der Waals surface area contributed by atoms with Gasteiger partial charge in [0.05, 0.1) is 0 Å². The average Bonchev–Trinajstić information content (AvgIpc) is 2.45. The first-order valence-electron chi connectivity index (χ1n) is 6.78. The second kappa shape index (κ2) is 7.00. The predicted molar refractivity (Wildman–Crippen MR) is 85.2 cm³/mol. The molecule has 2 rings (SSSR count). The van der Waals surface area contributed by atoms with E-state index in [1.54, 1.807) is 6.07 Å². The van der Waals surface area contributed by atoms with E-state index in [2.05, 4.69) is 40.3 Å². The highest BCUT2D eigenvalue weighted by Gasteiger charge is 2.19. The second-order valence-electron chi connectivity index (χ2n) is 5.09. The van der Waals surface area contributed by atoms with Gasteiger partial charge in [-0.15, -0.1) is 0 Å². The molecule has 0 amide bonds. The van der Waals surface area contributed by atoms with Crippen LogP contribution in [0.2, 0.25) is 0 Å². The molecule has 0 aromatic heterocycles. The molecule has 0 radical (unpaired) electrons. The topological polar surface area (TPSA) is 12.0 Å². The molecule has 0 heterocycles. The van der Waals surface area contributed by atoms with E-state index in [1.165, 1.54) is 11.6 Å². The van der Waals surface area contributed by atoms with Gasteiger partial charge in [0.2, 0.25) is 0 Å². The van der Waals surface area contributed by atoms with Crippen molar-refractivity contribution in [1.29, 1.82) is 0 Å². The number of hydrogen-bond acceptors (Lipinski definition) is 1. The summed E-state index contributed by atoms with van der Waals surface area (Å²) < 4.78 is 14.8. The average molecular weight is 336 g/mol. The standard InChI is InChI=1S/C17H19BrFN/c1-12(10-14-11-15(18)8-9-16(14)19)17(20-2)13-6-4-3-5-7-13/h3-9,11-12,17,20H,10H2,1-2H3. The van der Waals surface area contributed by atoms with Crippen LogP contribution in [-0.2, 0) is 6.42 Å². The maximum absolute atomic E-state index is 13.9. The Morgan fingerprint density at radius 2 is 1.85 bits per heavy atom. The minimum atomic E-state index is -0.136. The zero-order valence-electron chi connectivity index (χ0n) is 11.7. The van der Waals surface area contributed by atoms with Gasteiger partial charge in [0, 0.05) is 10.5 Å². The highest BCUT2D eigenvalue weighted by molar-refractivity contribution is 9.10. The molecule has 106 valence electrons. The Bertz CT molecular complexity index is 556. The Kier molecular flexibility index (Phi) is 5.32. The van der Waals surface area contributed by atoms with Crippen LogP contribution in [0, 0.1) is 11.7 Å². The SMILES string of the molecule is CNC(c1ccccc1)C(C)Cc1cc(Br)ccc1F. The van der Waals surface area contributed by atoms with Gasteiger partial charge in [-0.1, -0.05) is 53.2 Å². The molecule has 0 aliphatic carbocycles. The first kappa shape index (κ1) is 15.2. The van der Waals surface area contributed by atoms with Crippen LogP contribution in [-0.4, -0.2) is 7.05 Å². The lowest BCUT2D eigenvalue weighted by Gasteiger charge is -2.24. The van der Waals surface area contributed by atoms with E-state index in [-0.39, 0.29) is 11.9 Å². The summed E-state index contributed by atoms with van der Waals surface area (Å²) >= 11 is 3.40. The molecule has 0 aliphatic rings. The largest absolute Gasteiger partial charge is 0.313 e. The van der Waals surface area contributed by atoms with Crippen molar-refractivity contribution < 1.29 is 4.39 Å². The number of halogens is 2. The minimum absolute atomic E-state index is 0.136. The summed E-state index contributed by atoms with van der Waals surface area (Å²) in [5, 5.41) is 3.34. The molecule has 1 N–H and O–H groups in total. The maximum Gasteiger partial charge on any atom is 0.126 e. The Morgan fingerprint density at radius 1 is 1.15 bits per heavy atom. The van der Waals surface area contributed by atoms with E-state index >= 15 is 0 Å². The van der Waals surface area contributed by atoms with E-state index < -0.39 is 0 Å². The van der Waals surface area contributed by atoms with Crippen molar-refractivity contribution in [3.8, 4) is 0 Å². The lowest BCUT2D eigenvalue weighted by Crippen LogP contribution is -2.25. The lowest BCUT2D eigenvalue weighted by molar-refractivity contribution is 0.403. The van der Waals surface area contributed by atoms with E-state index in [0.717, 1.165) is 10.0 Å². The third kappa shape index (κ3) is 3.68. The number of hydrogen-bond donors (Lipinski definition) is 1. The van der Waals surface area contributed by atoms with Crippen LogP contribution in [0.5, 0.6) is 0 Å². The monoisotopic (exact) mass is 335 g/mol. The highest BCUT2D eigenvalue weighted by atomic mass is 79.9. The smallest absolute Gasteiger partial charge is 0.126 e. The van der Waals surface area contributed by atoms with Crippen molar-refractivity contribution in [2.24, 2.45) is 5.92 Å². The van der Waals surface area contributed by atoms with Gasteiger partial charge in [-0.3, -0.25) is 0 Å². The van der Waals surface area contributed by atoms with Gasteiger partial charge in [0.25, 0.3) is 0 Å². The van der Waals surface area contributed by atoms with Crippen LogP contribution in [0.3, 0.4) is 0 Å². The molecule has 20 heavy (non-hydrogen) atoms. The quantitative estimate of drug-likeness (QED) is 0.832. The summed E-state index contributed by atoms with van der Waals surface area (Å²) in [5.74, 6) is 0.161. The first-order chi connectivity index (χ1) is 9.61. The van der Waals surface area contributed by atoms with Gasteiger partial charge in [-0.25, -0.2) is 4.39 Å². The Hall–Kier alpha value is -1.19. The number of rotatable bonds is 5. The molecule has 0 aliphatic heterocycles. The van der Waals surface area contributed by atoms with Crippen molar-refractivity contribution in [1.82, 2.24) is 5.32 Å². The van der Waals surface area contributed by atoms with Crippen LogP contribution in [0.4, 0.5) is 4.39 Å². The summed E-state index contributed by atoms with van der Waals surface area (Å²) in [7, 11) is 1.95. The van der Waals surface area contributed by atoms with Crippen LogP contribution < -0.4 is 5.32 Å². The lowest BCUT2D eigenvalue weighted by atomic mass is 9.89. The fourth-order valence-corrected chi connectivity index (χ4v) is 3.01. The van der Waals surface area contributed by atoms with Crippen molar-refractivity contribution in [3.63, 3.8) is 0 Å². The Morgan fingerprint density at radius 3 is 2.50 bits per heavy atom. The van der Waals surface area contributed by atoms with Crippen molar-refractivity contribution in [2.75, 3.05) is 7.05 Å². The molecule has 2 aromatic carbocycles. The molecule has 1 nitrogen and oxygen atoms in total. The maximum atomic E-state index is 13.9. The highest BCUT2D eigenvalue weighted by Crippen LogP contribution is 2.26. The molecule has 0 saturated carbocycles. The van der Waals surface area contributed by atoms with Gasteiger partial charge in [-0.05, 0) is 48.7 Å². The Labute approximate surface area is 128 Å². The normalized spacial score (nSPS) is 14.0. The molecule has 0 spiro atoms. The summed E-state index contributed by atoms with van der Waals surface area (Å²) in [6, 6.07) is 15.6.